The molecular weight excluding hydrogens is 404 g/mol. The maximum absolute atomic E-state index is 12.7. The maximum Gasteiger partial charge on any atom is 0.255 e. The van der Waals surface area contributed by atoms with Gasteiger partial charge in [-0.1, -0.05) is 19.4 Å². The van der Waals surface area contributed by atoms with Gasteiger partial charge in [-0.05, 0) is 79.9 Å². The van der Waals surface area contributed by atoms with E-state index >= 15 is 0 Å². The van der Waals surface area contributed by atoms with Gasteiger partial charge in [-0.2, -0.15) is 0 Å². The molecule has 1 amide bonds. The van der Waals surface area contributed by atoms with Crippen LogP contribution in [0.25, 0.3) is 22.6 Å². The van der Waals surface area contributed by atoms with E-state index in [4.69, 9.17) is 9.15 Å². The zero-order chi connectivity index (χ0) is 22.7. The first kappa shape index (κ1) is 21.4. The van der Waals surface area contributed by atoms with Gasteiger partial charge >= 0.3 is 0 Å². The average Bonchev–Trinajstić information content (AvgIpc) is 3.20. The number of aromatic nitrogens is 1. The number of benzene rings is 3. The molecule has 0 aliphatic carbocycles. The molecular formula is C26H26N2O4. The molecule has 0 atom stereocenters. The number of aryl methyl sites for hydroxylation is 2. The fraction of sp³-hybridized carbons (Fsp3) is 0.231. The van der Waals surface area contributed by atoms with Gasteiger partial charge in [-0.25, -0.2) is 4.98 Å². The van der Waals surface area contributed by atoms with Crippen molar-refractivity contribution in [3.8, 4) is 23.0 Å². The lowest BCUT2D eigenvalue weighted by Gasteiger charge is -2.09. The summed E-state index contributed by atoms with van der Waals surface area (Å²) in [5.74, 6) is 0.808. The second-order valence-corrected chi connectivity index (χ2v) is 7.86. The number of phenolic OH excluding ortho intramolecular Hbond substituents is 1. The lowest BCUT2D eigenvalue weighted by Crippen LogP contribution is -2.11. The molecule has 32 heavy (non-hydrogen) atoms. The molecule has 1 aromatic heterocycles. The van der Waals surface area contributed by atoms with E-state index in [2.05, 4.69) is 17.2 Å². The molecule has 0 aliphatic heterocycles. The first-order chi connectivity index (χ1) is 15.4. The maximum atomic E-state index is 12.7. The molecule has 4 rings (SSSR count). The predicted octanol–water partition coefficient (Wildman–Crippen LogP) is 6.25. The minimum atomic E-state index is -0.259. The first-order valence-electron chi connectivity index (χ1n) is 10.7. The zero-order valence-electron chi connectivity index (χ0n) is 18.4. The van der Waals surface area contributed by atoms with E-state index in [1.54, 1.807) is 36.4 Å². The Morgan fingerprint density at radius 1 is 1.09 bits per heavy atom. The van der Waals surface area contributed by atoms with Crippen molar-refractivity contribution >= 4 is 22.7 Å². The van der Waals surface area contributed by atoms with Crippen molar-refractivity contribution in [2.24, 2.45) is 0 Å². The third-order valence-electron chi connectivity index (χ3n) is 5.19. The molecule has 0 aliphatic rings. The standard InChI is InChI=1S/C26H26N2O4/c1-4-5-12-31-20-9-6-18(7-10-20)25(30)27-19-8-11-23(29)21(15-19)26-28-22-14-16(2)13-17(3)24(22)32-26/h6-11,13-15,29H,4-5,12H2,1-3H3,(H,27,30). The molecule has 2 N–H and O–H groups in total. The quantitative estimate of drug-likeness (QED) is 0.267. The van der Waals surface area contributed by atoms with Crippen LogP contribution < -0.4 is 10.1 Å². The molecule has 3 aromatic carbocycles. The second kappa shape index (κ2) is 9.14. The number of ether oxygens (including phenoxy) is 1. The molecule has 0 saturated heterocycles. The molecule has 6 heteroatoms. The van der Waals surface area contributed by atoms with Crippen molar-refractivity contribution in [1.82, 2.24) is 4.98 Å². The van der Waals surface area contributed by atoms with Crippen LogP contribution in [0.2, 0.25) is 0 Å². The number of nitrogens with zero attached hydrogens (tertiary/aromatic N) is 1. The van der Waals surface area contributed by atoms with Crippen molar-refractivity contribution in [3.05, 3.63) is 71.3 Å². The molecule has 164 valence electrons. The van der Waals surface area contributed by atoms with Crippen LogP contribution in [0.15, 0.2) is 59.0 Å². The predicted molar refractivity (Wildman–Crippen MR) is 125 cm³/mol. The molecule has 4 aromatic rings. The molecule has 0 fully saturated rings. The Morgan fingerprint density at radius 3 is 2.62 bits per heavy atom. The summed E-state index contributed by atoms with van der Waals surface area (Å²) in [5.41, 5.74) is 4.92. The summed E-state index contributed by atoms with van der Waals surface area (Å²) in [6.45, 7) is 6.73. The van der Waals surface area contributed by atoms with Crippen molar-refractivity contribution in [3.63, 3.8) is 0 Å². The highest BCUT2D eigenvalue weighted by Gasteiger charge is 2.16. The number of hydrogen-bond acceptors (Lipinski definition) is 5. The Balaban J connectivity index is 1.54. The number of phenols is 1. The highest BCUT2D eigenvalue weighted by molar-refractivity contribution is 6.04. The van der Waals surface area contributed by atoms with Gasteiger partial charge in [0, 0.05) is 11.3 Å². The van der Waals surface area contributed by atoms with Crippen molar-refractivity contribution in [1.29, 1.82) is 0 Å². The highest BCUT2D eigenvalue weighted by atomic mass is 16.5. The van der Waals surface area contributed by atoms with Gasteiger partial charge in [-0.15, -0.1) is 0 Å². The largest absolute Gasteiger partial charge is 0.507 e. The summed E-state index contributed by atoms with van der Waals surface area (Å²) >= 11 is 0. The Labute approximate surface area is 186 Å². The molecule has 0 radical (unpaired) electrons. The number of aromatic hydroxyl groups is 1. The third kappa shape index (κ3) is 4.59. The Bertz CT molecular complexity index is 1260. The number of unbranched alkanes of at least 4 members (excludes halogenated alkanes) is 1. The van der Waals surface area contributed by atoms with Gasteiger partial charge in [0.2, 0.25) is 5.89 Å². The zero-order valence-corrected chi connectivity index (χ0v) is 18.4. The number of anilines is 1. The van der Waals surface area contributed by atoms with Crippen LogP contribution in [0.4, 0.5) is 5.69 Å². The minimum Gasteiger partial charge on any atom is -0.507 e. The van der Waals surface area contributed by atoms with Crippen LogP contribution in [-0.4, -0.2) is 22.6 Å². The van der Waals surface area contributed by atoms with Gasteiger partial charge in [0.1, 0.15) is 17.0 Å². The topological polar surface area (TPSA) is 84.6 Å². The molecule has 6 nitrogen and oxygen atoms in total. The Hall–Kier alpha value is -3.80. The fourth-order valence-electron chi connectivity index (χ4n) is 3.52. The number of hydrogen-bond donors (Lipinski definition) is 2. The molecule has 0 bridgehead atoms. The second-order valence-electron chi connectivity index (χ2n) is 7.86. The summed E-state index contributed by atoms with van der Waals surface area (Å²) in [6, 6.07) is 15.8. The minimum absolute atomic E-state index is 0.0255. The monoisotopic (exact) mass is 430 g/mol. The van der Waals surface area contributed by atoms with Crippen LogP contribution in [-0.2, 0) is 0 Å². The van der Waals surface area contributed by atoms with Crippen LogP contribution in [0.1, 0.15) is 41.3 Å². The number of nitrogens with one attached hydrogen (secondary N) is 1. The Kier molecular flexibility index (Phi) is 6.12. The lowest BCUT2D eigenvalue weighted by molar-refractivity contribution is 0.102. The molecule has 0 unspecified atom stereocenters. The van der Waals surface area contributed by atoms with Gasteiger partial charge in [0.05, 0.1) is 12.2 Å². The lowest BCUT2D eigenvalue weighted by atomic mass is 10.1. The van der Waals surface area contributed by atoms with E-state index in [0.29, 0.717) is 34.9 Å². The van der Waals surface area contributed by atoms with Crippen LogP contribution in [0.3, 0.4) is 0 Å². The van der Waals surface area contributed by atoms with Crippen LogP contribution in [0, 0.1) is 13.8 Å². The van der Waals surface area contributed by atoms with E-state index in [-0.39, 0.29) is 11.7 Å². The van der Waals surface area contributed by atoms with Gasteiger partial charge < -0.3 is 19.6 Å². The summed E-state index contributed by atoms with van der Waals surface area (Å²) in [7, 11) is 0. The SMILES string of the molecule is CCCCOc1ccc(C(=O)Nc2ccc(O)c(-c3nc4cc(C)cc(C)c4o3)c2)cc1. The van der Waals surface area contributed by atoms with Crippen molar-refractivity contribution in [2.45, 2.75) is 33.6 Å². The van der Waals surface area contributed by atoms with Crippen molar-refractivity contribution in [2.75, 3.05) is 11.9 Å². The van der Waals surface area contributed by atoms with E-state index in [9.17, 15) is 9.90 Å². The van der Waals surface area contributed by atoms with Crippen molar-refractivity contribution < 1.29 is 19.1 Å². The number of fused-ring (bicyclic) bond motifs is 1. The fourth-order valence-corrected chi connectivity index (χ4v) is 3.52. The third-order valence-corrected chi connectivity index (χ3v) is 5.19. The van der Waals surface area contributed by atoms with E-state index in [0.717, 1.165) is 35.2 Å². The molecule has 1 heterocycles. The highest BCUT2D eigenvalue weighted by Crippen LogP contribution is 2.34. The number of carbonyl (C=O) groups excluding carboxylic acids is 1. The summed E-state index contributed by atoms with van der Waals surface area (Å²) in [6.07, 6.45) is 2.06. The average molecular weight is 431 g/mol. The van der Waals surface area contributed by atoms with E-state index in [1.807, 2.05) is 26.0 Å². The number of carbonyl (C=O) groups is 1. The molecule has 0 spiro atoms. The van der Waals surface area contributed by atoms with Gasteiger partial charge in [0.25, 0.3) is 5.91 Å². The molecule has 0 saturated carbocycles. The first-order valence-corrected chi connectivity index (χ1v) is 10.7. The summed E-state index contributed by atoms with van der Waals surface area (Å²) in [5, 5.41) is 13.2. The Morgan fingerprint density at radius 2 is 1.88 bits per heavy atom. The van der Waals surface area contributed by atoms with Crippen LogP contribution >= 0.6 is 0 Å². The normalized spacial score (nSPS) is 11.0. The number of rotatable bonds is 7. The number of amides is 1. The van der Waals surface area contributed by atoms with Gasteiger partial charge in [-0.3, -0.25) is 4.79 Å². The summed E-state index contributed by atoms with van der Waals surface area (Å²) in [4.78, 5) is 17.2. The number of oxazole rings is 1. The van der Waals surface area contributed by atoms with E-state index < -0.39 is 0 Å². The van der Waals surface area contributed by atoms with Gasteiger partial charge in [0.15, 0.2) is 5.58 Å². The smallest absolute Gasteiger partial charge is 0.255 e. The summed E-state index contributed by atoms with van der Waals surface area (Å²) < 4.78 is 11.6. The van der Waals surface area contributed by atoms with Crippen LogP contribution in [0.5, 0.6) is 11.5 Å². The van der Waals surface area contributed by atoms with E-state index in [1.165, 1.54) is 6.07 Å².